The normalized spacial score (nSPS) is 21.6. The Labute approximate surface area is 116 Å². The largest absolute Gasteiger partial charge is 0.395 e. The first-order valence-electron chi connectivity index (χ1n) is 6.46. The molecule has 1 unspecified atom stereocenters. The highest BCUT2D eigenvalue weighted by molar-refractivity contribution is 6.01. The molecule has 6 heteroatoms. The van der Waals surface area contributed by atoms with Crippen molar-refractivity contribution in [2.75, 3.05) is 19.7 Å². The molecule has 1 atom stereocenters. The van der Waals surface area contributed by atoms with Crippen LogP contribution in [0, 0.1) is 0 Å². The van der Waals surface area contributed by atoms with Gasteiger partial charge in [-0.1, -0.05) is 30.3 Å². The van der Waals surface area contributed by atoms with Gasteiger partial charge in [0.25, 0.3) is 5.91 Å². The van der Waals surface area contributed by atoms with Crippen molar-refractivity contribution >= 4 is 11.9 Å². The van der Waals surface area contributed by atoms with Crippen LogP contribution in [0.15, 0.2) is 41.6 Å². The van der Waals surface area contributed by atoms with Crippen LogP contribution in [0.3, 0.4) is 0 Å². The molecular weight excluding hydrogens is 258 g/mol. The Morgan fingerprint density at radius 1 is 1.25 bits per heavy atom. The van der Waals surface area contributed by atoms with Crippen LogP contribution in [0.2, 0.25) is 0 Å². The Kier molecular flexibility index (Phi) is 3.15. The summed E-state index contributed by atoms with van der Waals surface area (Å²) >= 11 is 0. The maximum Gasteiger partial charge on any atom is 0.319 e. The number of β-amino-alcohol motifs (C(OH)–C–C–N with tert-alkyl or cyclic N) is 1. The number of benzene rings is 1. The molecule has 0 aliphatic carbocycles. The number of carbonyl (C=O) groups is 2. The van der Waals surface area contributed by atoms with Crippen molar-refractivity contribution in [2.45, 2.75) is 6.04 Å². The van der Waals surface area contributed by atoms with E-state index >= 15 is 0 Å². The molecule has 0 aromatic heterocycles. The summed E-state index contributed by atoms with van der Waals surface area (Å²) in [4.78, 5) is 25.6. The van der Waals surface area contributed by atoms with E-state index in [0.717, 1.165) is 5.56 Å². The number of nitrogens with zero attached hydrogens (tertiary/aromatic N) is 1. The van der Waals surface area contributed by atoms with E-state index in [1.54, 1.807) is 0 Å². The van der Waals surface area contributed by atoms with Gasteiger partial charge in [0, 0.05) is 6.54 Å². The number of nitrogens with one attached hydrogen (secondary N) is 2. The van der Waals surface area contributed by atoms with Gasteiger partial charge >= 0.3 is 6.03 Å². The lowest BCUT2D eigenvalue weighted by Gasteiger charge is -2.25. The second kappa shape index (κ2) is 4.97. The summed E-state index contributed by atoms with van der Waals surface area (Å²) in [5, 5.41) is 14.5. The fraction of sp³-hybridized carbons (Fsp3) is 0.286. The minimum absolute atomic E-state index is 0.0936. The minimum Gasteiger partial charge on any atom is -0.395 e. The van der Waals surface area contributed by atoms with Gasteiger partial charge in [0.2, 0.25) is 0 Å². The smallest absolute Gasteiger partial charge is 0.319 e. The predicted octanol–water partition coefficient (Wildman–Crippen LogP) is 0.129. The number of hydrogen-bond acceptors (Lipinski definition) is 3. The van der Waals surface area contributed by atoms with Gasteiger partial charge in [0.05, 0.1) is 30.5 Å². The summed E-state index contributed by atoms with van der Waals surface area (Å²) in [6, 6.07) is 8.64. The van der Waals surface area contributed by atoms with Crippen LogP contribution in [0.1, 0.15) is 11.6 Å². The van der Waals surface area contributed by atoms with Crippen LogP contribution < -0.4 is 10.6 Å². The number of hydrogen-bond donors (Lipinski definition) is 3. The number of amides is 3. The molecule has 0 saturated heterocycles. The van der Waals surface area contributed by atoms with Gasteiger partial charge in [-0.25, -0.2) is 4.79 Å². The second-order valence-corrected chi connectivity index (χ2v) is 4.78. The molecule has 0 spiro atoms. The van der Waals surface area contributed by atoms with Gasteiger partial charge in [0.15, 0.2) is 0 Å². The zero-order valence-corrected chi connectivity index (χ0v) is 10.8. The van der Waals surface area contributed by atoms with Gasteiger partial charge in [-0.3, -0.25) is 4.79 Å². The molecule has 6 nitrogen and oxygen atoms in total. The average Bonchev–Trinajstić information content (AvgIpc) is 2.76. The van der Waals surface area contributed by atoms with E-state index in [-0.39, 0.29) is 25.1 Å². The molecule has 2 aliphatic heterocycles. The van der Waals surface area contributed by atoms with Gasteiger partial charge < -0.3 is 20.6 Å². The highest BCUT2D eigenvalue weighted by atomic mass is 16.3. The first-order valence-corrected chi connectivity index (χ1v) is 6.46. The second-order valence-electron chi connectivity index (χ2n) is 4.78. The highest BCUT2D eigenvalue weighted by Gasteiger charge is 2.39. The fourth-order valence-corrected chi connectivity index (χ4v) is 2.63. The SMILES string of the molecule is O=C1NC2=C(C(=O)N(CCO)C2)C(c2ccccc2)N1. The topological polar surface area (TPSA) is 81.7 Å². The zero-order chi connectivity index (χ0) is 14.1. The van der Waals surface area contributed by atoms with Crippen molar-refractivity contribution < 1.29 is 14.7 Å². The van der Waals surface area contributed by atoms with E-state index in [1.807, 2.05) is 30.3 Å². The van der Waals surface area contributed by atoms with Crippen molar-refractivity contribution in [1.29, 1.82) is 0 Å². The standard InChI is InChI=1S/C14H15N3O3/c18-7-6-17-8-10-11(13(17)19)12(16-14(20)15-10)9-4-2-1-3-5-9/h1-5,12,18H,6-8H2,(H2,15,16,20). The first kappa shape index (κ1) is 12.7. The Bertz CT molecular complexity index is 583. The van der Waals surface area contributed by atoms with E-state index in [9.17, 15) is 9.59 Å². The van der Waals surface area contributed by atoms with Crippen molar-refractivity contribution in [2.24, 2.45) is 0 Å². The van der Waals surface area contributed by atoms with Crippen LogP contribution >= 0.6 is 0 Å². The van der Waals surface area contributed by atoms with Gasteiger partial charge in [0.1, 0.15) is 0 Å². The molecule has 3 amide bonds. The quantitative estimate of drug-likeness (QED) is 0.732. The third-order valence-electron chi connectivity index (χ3n) is 3.52. The zero-order valence-electron chi connectivity index (χ0n) is 10.8. The molecule has 2 heterocycles. The monoisotopic (exact) mass is 273 g/mol. The lowest BCUT2D eigenvalue weighted by Crippen LogP contribution is -2.44. The molecule has 104 valence electrons. The summed E-state index contributed by atoms with van der Waals surface area (Å²) < 4.78 is 0. The summed E-state index contributed by atoms with van der Waals surface area (Å²) in [7, 11) is 0. The number of carbonyl (C=O) groups excluding carboxylic acids is 2. The molecule has 0 bridgehead atoms. The van der Waals surface area contributed by atoms with Gasteiger partial charge in [-0.2, -0.15) is 0 Å². The Hall–Kier alpha value is -2.34. The molecule has 20 heavy (non-hydrogen) atoms. The van der Waals surface area contributed by atoms with E-state index in [2.05, 4.69) is 10.6 Å². The maximum atomic E-state index is 12.4. The van der Waals surface area contributed by atoms with Crippen LogP contribution in [0.25, 0.3) is 0 Å². The van der Waals surface area contributed by atoms with Crippen LogP contribution in [0.5, 0.6) is 0 Å². The number of aliphatic hydroxyl groups excluding tert-OH is 1. The third kappa shape index (κ3) is 2.04. The van der Waals surface area contributed by atoms with E-state index in [0.29, 0.717) is 17.8 Å². The molecule has 0 radical (unpaired) electrons. The van der Waals surface area contributed by atoms with E-state index in [1.165, 1.54) is 4.90 Å². The van der Waals surface area contributed by atoms with Gasteiger partial charge in [-0.05, 0) is 5.56 Å². The minimum atomic E-state index is -0.434. The van der Waals surface area contributed by atoms with E-state index in [4.69, 9.17) is 5.11 Å². The van der Waals surface area contributed by atoms with Crippen LogP contribution in [-0.2, 0) is 4.79 Å². The van der Waals surface area contributed by atoms with Crippen molar-refractivity contribution in [1.82, 2.24) is 15.5 Å². The molecule has 0 fully saturated rings. The molecule has 0 saturated carbocycles. The Morgan fingerprint density at radius 3 is 2.70 bits per heavy atom. The average molecular weight is 273 g/mol. The lowest BCUT2D eigenvalue weighted by atomic mass is 9.96. The van der Waals surface area contributed by atoms with Crippen molar-refractivity contribution in [3.05, 3.63) is 47.2 Å². The maximum absolute atomic E-state index is 12.4. The van der Waals surface area contributed by atoms with Crippen molar-refractivity contribution in [3.63, 3.8) is 0 Å². The lowest BCUT2D eigenvalue weighted by molar-refractivity contribution is -0.126. The predicted molar refractivity (Wildman–Crippen MR) is 71.5 cm³/mol. The Balaban J connectivity index is 1.97. The number of aliphatic hydroxyl groups is 1. The fourth-order valence-electron chi connectivity index (χ4n) is 2.63. The first-order chi connectivity index (χ1) is 9.70. The van der Waals surface area contributed by atoms with Gasteiger partial charge in [-0.15, -0.1) is 0 Å². The summed E-state index contributed by atoms with van der Waals surface area (Å²) in [6.07, 6.45) is 0. The molecule has 3 N–H and O–H groups in total. The van der Waals surface area contributed by atoms with E-state index < -0.39 is 6.04 Å². The number of urea groups is 1. The summed E-state index contributed by atoms with van der Waals surface area (Å²) in [5.74, 6) is -0.143. The molecular formula is C14H15N3O3. The third-order valence-corrected chi connectivity index (χ3v) is 3.52. The van der Waals surface area contributed by atoms with Crippen LogP contribution in [-0.4, -0.2) is 41.6 Å². The highest BCUT2D eigenvalue weighted by Crippen LogP contribution is 2.31. The summed E-state index contributed by atoms with van der Waals surface area (Å²) in [5.41, 5.74) is 2.05. The van der Waals surface area contributed by atoms with Crippen LogP contribution in [0.4, 0.5) is 4.79 Å². The molecule has 1 aromatic carbocycles. The number of rotatable bonds is 3. The van der Waals surface area contributed by atoms with Crippen molar-refractivity contribution in [3.8, 4) is 0 Å². The molecule has 1 aromatic rings. The Morgan fingerprint density at radius 2 is 2.00 bits per heavy atom. The molecule has 3 rings (SSSR count). The molecule has 2 aliphatic rings. The summed E-state index contributed by atoms with van der Waals surface area (Å²) in [6.45, 7) is 0.512.